The number of nitrogens with one attached hydrogen (secondary N) is 2. The van der Waals surface area contributed by atoms with Crippen LogP contribution in [0.3, 0.4) is 0 Å². The van der Waals surface area contributed by atoms with E-state index in [0.29, 0.717) is 17.3 Å². The molecule has 0 spiro atoms. The van der Waals surface area contributed by atoms with Crippen LogP contribution in [0.25, 0.3) is 10.2 Å². The molecule has 0 aromatic carbocycles. The van der Waals surface area contributed by atoms with Gasteiger partial charge in [0, 0.05) is 25.7 Å². The van der Waals surface area contributed by atoms with Gasteiger partial charge in [-0.15, -0.1) is 11.3 Å². The van der Waals surface area contributed by atoms with E-state index in [-0.39, 0.29) is 5.56 Å². The van der Waals surface area contributed by atoms with Gasteiger partial charge in [-0.3, -0.25) is 9.69 Å². The molecule has 96 valence electrons. The van der Waals surface area contributed by atoms with E-state index in [9.17, 15) is 4.79 Å². The van der Waals surface area contributed by atoms with E-state index in [1.165, 1.54) is 11.3 Å². The van der Waals surface area contributed by atoms with Crippen molar-refractivity contribution in [1.82, 2.24) is 20.2 Å². The van der Waals surface area contributed by atoms with Gasteiger partial charge in [0.1, 0.15) is 10.5 Å². The maximum atomic E-state index is 11.9. The van der Waals surface area contributed by atoms with Gasteiger partial charge in [0.2, 0.25) is 0 Å². The lowest BCUT2D eigenvalue weighted by molar-refractivity contribution is 0.162. The number of fused-ring (bicyclic) bond motifs is 1. The van der Waals surface area contributed by atoms with Crippen LogP contribution in [0.1, 0.15) is 12.7 Å². The minimum Gasteiger partial charge on any atom is -0.314 e. The van der Waals surface area contributed by atoms with Crippen molar-refractivity contribution in [2.45, 2.75) is 19.5 Å². The van der Waals surface area contributed by atoms with Crippen LogP contribution in [-0.2, 0) is 6.54 Å². The lowest BCUT2D eigenvalue weighted by Crippen LogP contribution is -2.49. The van der Waals surface area contributed by atoms with Crippen LogP contribution >= 0.6 is 11.3 Å². The van der Waals surface area contributed by atoms with Crippen LogP contribution < -0.4 is 10.9 Å². The Balaban J connectivity index is 1.87. The van der Waals surface area contributed by atoms with Crippen LogP contribution in [0.2, 0.25) is 0 Å². The molecule has 1 aliphatic heterocycles. The van der Waals surface area contributed by atoms with Gasteiger partial charge in [-0.1, -0.05) is 0 Å². The van der Waals surface area contributed by atoms with E-state index in [1.54, 1.807) is 0 Å². The zero-order valence-corrected chi connectivity index (χ0v) is 11.1. The summed E-state index contributed by atoms with van der Waals surface area (Å²) in [5.41, 5.74) is 0.786. The average Bonchev–Trinajstić information content (AvgIpc) is 2.81. The monoisotopic (exact) mass is 264 g/mol. The third kappa shape index (κ3) is 2.19. The van der Waals surface area contributed by atoms with Crippen LogP contribution in [0.15, 0.2) is 16.2 Å². The van der Waals surface area contributed by atoms with Gasteiger partial charge in [0.25, 0.3) is 5.56 Å². The van der Waals surface area contributed by atoms with Gasteiger partial charge in [0.05, 0.1) is 12.1 Å². The molecular formula is C12H16N4OS. The summed E-state index contributed by atoms with van der Waals surface area (Å²) in [6, 6.07) is 2.38. The molecule has 1 saturated heterocycles. The highest BCUT2D eigenvalue weighted by Gasteiger charge is 2.19. The van der Waals surface area contributed by atoms with Crippen molar-refractivity contribution in [3.05, 3.63) is 27.6 Å². The molecule has 1 unspecified atom stereocenters. The van der Waals surface area contributed by atoms with Crippen molar-refractivity contribution in [2.75, 3.05) is 19.6 Å². The number of aromatic nitrogens is 2. The summed E-state index contributed by atoms with van der Waals surface area (Å²) in [4.78, 5) is 21.6. The summed E-state index contributed by atoms with van der Waals surface area (Å²) < 4.78 is 0.715. The molecular weight excluding hydrogens is 248 g/mol. The maximum absolute atomic E-state index is 11.9. The molecule has 1 atom stereocenters. The fraction of sp³-hybridized carbons (Fsp3) is 0.500. The second kappa shape index (κ2) is 4.79. The summed E-state index contributed by atoms with van der Waals surface area (Å²) in [5.74, 6) is 0.764. The zero-order chi connectivity index (χ0) is 12.5. The Labute approximate surface area is 109 Å². The van der Waals surface area contributed by atoms with Gasteiger partial charge in [-0.05, 0) is 18.4 Å². The summed E-state index contributed by atoms with van der Waals surface area (Å²) in [5, 5.41) is 5.26. The molecule has 2 N–H and O–H groups in total. The normalized spacial score (nSPS) is 21.5. The Morgan fingerprint density at radius 2 is 2.50 bits per heavy atom. The SMILES string of the molecule is CC1CNCCN1Cc1nc2ccsc2c(=O)[nH]1. The van der Waals surface area contributed by atoms with E-state index < -0.39 is 0 Å². The lowest BCUT2D eigenvalue weighted by atomic mass is 10.2. The minimum atomic E-state index is -0.0206. The van der Waals surface area contributed by atoms with Crippen molar-refractivity contribution >= 4 is 21.6 Å². The topological polar surface area (TPSA) is 61.0 Å². The Bertz CT molecular complexity index is 605. The Hall–Kier alpha value is -1.24. The molecule has 5 nitrogen and oxygen atoms in total. The van der Waals surface area contributed by atoms with E-state index in [2.05, 4.69) is 27.1 Å². The molecule has 0 radical (unpaired) electrons. The first-order valence-corrected chi connectivity index (χ1v) is 7.03. The molecule has 2 aromatic heterocycles. The standard InChI is InChI=1S/C12H16N4OS/c1-8-6-13-3-4-16(8)7-10-14-9-2-5-18-11(9)12(17)15-10/h2,5,8,13H,3-4,6-7H2,1H3,(H,14,15,17). The minimum absolute atomic E-state index is 0.0206. The fourth-order valence-corrected chi connectivity index (χ4v) is 3.03. The predicted octanol–water partition coefficient (Wildman–Crippen LogP) is 0.778. The Morgan fingerprint density at radius 1 is 1.61 bits per heavy atom. The Morgan fingerprint density at radius 3 is 3.33 bits per heavy atom. The van der Waals surface area contributed by atoms with Crippen LogP contribution in [0.4, 0.5) is 0 Å². The van der Waals surface area contributed by atoms with Gasteiger partial charge in [-0.25, -0.2) is 4.98 Å². The predicted molar refractivity (Wildman–Crippen MR) is 73.0 cm³/mol. The first-order chi connectivity index (χ1) is 8.74. The molecule has 0 amide bonds. The largest absolute Gasteiger partial charge is 0.314 e. The second-order valence-electron chi connectivity index (χ2n) is 4.67. The number of rotatable bonds is 2. The van der Waals surface area contributed by atoms with Crippen molar-refractivity contribution in [3.63, 3.8) is 0 Å². The average molecular weight is 264 g/mol. The second-order valence-corrected chi connectivity index (χ2v) is 5.59. The first-order valence-electron chi connectivity index (χ1n) is 6.15. The van der Waals surface area contributed by atoms with Gasteiger partial charge >= 0.3 is 0 Å². The van der Waals surface area contributed by atoms with Crippen molar-refractivity contribution in [1.29, 1.82) is 0 Å². The quantitative estimate of drug-likeness (QED) is 0.841. The van der Waals surface area contributed by atoms with Crippen LogP contribution in [0, 0.1) is 0 Å². The van der Waals surface area contributed by atoms with E-state index in [0.717, 1.165) is 31.0 Å². The fourth-order valence-electron chi connectivity index (χ4n) is 2.31. The third-order valence-electron chi connectivity index (χ3n) is 3.36. The summed E-state index contributed by atoms with van der Waals surface area (Å²) in [6.07, 6.45) is 0. The molecule has 0 bridgehead atoms. The molecule has 3 heterocycles. The van der Waals surface area contributed by atoms with Gasteiger partial charge < -0.3 is 10.3 Å². The van der Waals surface area contributed by atoms with E-state index in [1.807, 2.05) is 11.4 Å². The summed E-state index contributed by atoms with van der Waals surface area (Å²) >= 11 is 1.44. The number of H-pyrrole nitrogens is 1. The molecule has 18 heavy (non-hydrogen) atoms. The van der Waals surface area contributed by atoms with Crippen molar-refractivity contribution in [3.8, 4) is 0 Å². The molecule has 0 saturated carbocycles. The molecule has 0 aliphatic carbocycles. The lowest BCUT2D eigenvalue weighted by Gasteiger charge is -2.33. The van der Waals surface area contributed by atoms with Crippen molar-refractivity contribution < 1.29 is 0 Å². The third-order valence-corrected chi connectivity index (χ3v) is 4.26. The first kappa shape index (κ1) is 11.8. The number of nitrogens with zero attached hydrogens (tertiary/aromatic N) is 2. The number of aromatic amines is 1. The summed E-state index contributed by atoms with van der Waals surface area (Å²) in [6.45, 7) is 5.88. The highest BCUT2D eigenvalue weighted by molar-refractivity contribution is 7.17. The van der Waals surface area contributed by atoms with Crippen molar-refractivity contribution in [2.24, 2.45) is 0 Å². The van der Waals surface area contributed by atoms with E-state index >= 15 is 0 Å². The number of hydrogen-bond acceptors (Lipinski definition) is 5. The van der Waals surface area contributed by atoms with Gasteiger partial charge in [0.15, 0.2) is 0 Å². The summed E-state index contributed by atoms with van der Waals surface area (Å²) in [7, 11) is 0. The number of thiophene rings is 1. The molecule has 3 rings (SSSR count). The molecule has 6 heteroatoms. The van der Waals surface area contributed by atoms with E-state index in [4.69, 9.17) is 0 Å². The smallest absolute Gasteiger partial charge is 0.268 e. The molecule has 2 aromatic rings. The highest BCUT2D eigenvalue weighted by Crippen LogP contribution is 2.14. The number of piperazine rings is 1. The van der Waals surface area contributed by atoms with Gasteiger partial charge in [-0.2, -0.15) is 0 Å². The maximum Gasteiger partial charge on any atom is 0.268 e. The van der Waals surface area contributed by atoms with Crippen LogP contribution in [0.5, 0.6) is 0 Å². The number of hydrogen-bond donors (Lipinski definition) is 2. The van der Waals surface area contributed by atoms with Crippen LogP contribution in [-0.4, -0.2) is 40.5 Å². The molecule has 1 fully saturated rings. The molecule has 1 aliphatic rings. The zero-order valence-electron chi connectivity index (χ0n) is 10.3. The Kier molecular flexibility index (Phi) is 3.15. The highest BCUT2D eigenvalue weighted by atomic mass is 32.1.